The molecule has 0 bridgehead atoms. The van der Waals surface area contributed by atoms with Crippen LogP contribution in [0.25, 0.3) is 0 Å². The van der Waals surface area contributed by atoms with Crippen molar-refractivity contribution in [2.24, 2.45) is 0 Å². The van der Waals surface area contributed by atoms with Gasteiger partial charge in [0.25, 0.3) is 5.91 Å². The van der Waals surface area contributed by atoms with Gasteiger partial charge in [0.1, 0.15) is 5.76 Å². The lowest BCUT2D eigenvalue weighted by molar-refractivity contribution is 0.0696. The molecule has 104 valence electrons. The van der Waals surface area contributed by atoms with E-state index in [-0.39, 0.29) is 17.2 Å². The lowest BCUT2D eigenvalue weighted by Gasteiger charge is -2.03. The summed E-state index contributed by atoms with van der Waals surface area (Å²) in [6, 6.07) is 9.31. The van der Waals surface area contributed by atoms with Gasteiger partial charge in [0.05, 0.1) is 11.3 Å². The largest absolute Gasteiger partial charge is 0.478 e. The van der Waals surface area contributed by atoms with Crippen molar-refractivity contribution in [2.45, 2.75) is 5.75 Å². The van der Waals surface area contributed by atoms with Crippen LogP contribution in [-0.4, -0.2) is 23.2 Å². The first kappa shape index (κ1) is 14.2. The van der Waals surface area contributed by atoms with Gasteiger partial charge in [0.15, 0.2) is 5.76 Å². The van der Waals surface area contributed by atoms with Crippen LogP contribution >= 0.6 is 11.8 Å². The van der Waals surface area contributed by atoms with Gasteiger partial charge in [0, 0.05) is 5.69 Å². The number of amides is 1. The van der Waals surface area contributed by atoms with Gasteiger partial charge in [-0.3, -0.25) is 4.79 Å². The first-order valence-corrected chi connectivity index (χ1v) is 7.22. The summed E-state index contributed by atoms with van der Waals surface area (Å²) in [4.78, 5) is 22.6. The Kier molecular flexibility index (Phi) is 4.47. The Balaban J connectivity index is 2.04. The van der Waals surface area contributed by atoms with Crippen LogP contribution in [0.5, 0.6) is 0 Å². The van der Waals surface area contributed by atoms with Crippen LogP contribution in [0, 0.1) is 0 Å². The summed E-state index contributed by atoms with van der Waals surface area (Å²) in [5.74, 6) is 0.317. The van der Waals surface area contributed by atoms with Crippen LogP contribution in [0.1, 0.15) is 26.7 Å². The summed E-state index contributed by atoms with van der Waals surface area (Å²) in [6.07, 6.45) is 1.95. The molecule has 0 unspecified atom stereocenters. The summed E-state index contributed by atoms with van der Waals surface area (Å²) in [6.45, 7) is 0. The van der Waals surface area contributed by atoms with Crippen molar-refractivity contribution in [3.05, 3.63) is 53.5 Å². The Morgan fingerprint density at radius 3 is 2.50 bits per heavy atom. The molecule has 0 fully saturated rings. The molecule has 2 rings (SSSR count). The van der Waals surface area contributed by atoms with Crippen LogP contribution in [-0.2, 0) is 5.75 Å². The van der Waals surface area contributed by atoms with Crippen molar-refractivity contribution in [3.8, 4) is 0 Å². The van der Waals surface area contributed by atoms with Crippen molar-refractivity contribution in [1.82, 2.24) is 0 Å². The van der Waals surface area contributed by atoms with Gasteiger partial charge in [-0.1, -0.05) is 0 Å². The molecular formula is C14H13NO4S. The molecular weight excluding hydrogens is 278 g/mol. The summed E-state index contributed by atoms with van der Waals surface area (Å²) < 4.78 is 5.39. The Labute approximate surface area is 120 Å². The zero-order valence-electron chi connectivity index (χ0n) is 10.8. The van der Waals surface area contributed by atoms with Crippen LogP contribution in [0.2, 0.25) is 0 Å². The Hall–Kier alpha value is -2.21. The van der Waals surface area contributed by atoms with Crippen LogP contribution in [0.4, 0.5) is 5.69 Å². The number of anilines is 1. The maximum atomic E-state index is 11.9. The number of benzene rings is 1. The number of thioether (sulfide) groups is 1. The molecule has 1 amide bonds. The average Bonchev–Trinajstić information content (AvgIpc) is 2.88. The van der Waals surface area contributed by atoms with Gasteiger partial charge < -0.3 is 14.8 Å². The van der Waals surface area contributed by atoms with Gasteiger partial charge in [0.2, 0.25) is 0 Å². The molecule has 0 saturated heterocycles. The molecule has 0 spiro atoms. The molecule has 0 atom stereocenters. The summed E-state index contributed by atoms with van der Waals surface area (Å²) in [5, 5.41) is 11.4. The summed E-state index contributed by atoms with van der Waals surface area (Å²) in [5.41, 5.74) is 0.686. The monoisotopic (exact) mass is 291 g/mol. The second kappa shape index (κ2) is 6.29. The van der Waals surface area contributed by atoms with E-state index in [2.05, 4.69) is 5.32 Å². The molecule has 1 heterocycles. The highest BCUT2D eigenvalue weighted by atomic mass is 32.2. The van der Waals surface area contributed by atoms with Crippen LogP contribution in [0.3, 0.4) is 0 Å². The third kappa shape index (κ3) is 3.42. The fourth-order valence-corrected chi connectivity index (χ4v) is 2.05. The van der Waals surface area contributed by atoms with Crippen LogP contribution in [0.15, 0.2) is 40.8 Å². The van der Waals surface area contributed by atoms with E-state index in [9.17, 15) is 9.59 Å². The van der Waals surface area contributed by atoms with Gasteiger partial charge in [-0.2, -0.15) is 11.8 Å². The number of hydrogen-bond donors (Lipinski definition) is 2. The lowest BCUT2D eigenvalue weighted by atomic mass is 10.2. The molecule has 0 saturated carbocycles. The zero-order chi connectivity index (χ0) is 14.5. The number of carboxylic acids is 1. The lowest BCUT2D eigenvalue weighted by Crippen LogP contribution is -2.11. The van der Waals surface area contributed by atoms with E-state index in [0.29, 0.717) is 11.4 Å². The van der Waals surface area contributed by atoms with E-state index in [1.807, 2.05) is 6.26 Å². The van der Waals surface area contributed by atoms with E-state index in [1.54, 1.807) is 23.9 Å². The summed E-state index contributed by atoms with van der Waals surface area (Å²) >= 11 is 1.61. The number of rotatable bonds is 5. The third-order valence-electron chi connectivity index (χ3n) is 2.56. The van der Waals surface area contributed by atoms with E-state index in [0.717, 1.165) is 5.76 Å². The van der Waals surface area contributed by atoms with Crippen molar-refractivity contribution in [2.75, 3.05) is 11.6 Å². The molecule has 2 N–H and O–H groups in total. The molecule has 20 heavy (non-hydrogen) atoms. The van der Waals surface area contributed by atoms with Gasteiger partial charge in [-0.25, -0.2) is 4.79 Å². The zero-order valence-corrected chi connectivity index (χ0v) is 11.6. The van der Waals surface area contributed by atoms with E-state index in [1.165, 1.54) is 24.3 Å². The second-order valence-electron chi connectivity index (χ2n) is 4.04. The number of furan rings is 1. The Morgan fingerprint density at radius 1 is 1.20 bits per heavy atom. The molecule has 1 aromatic heterocycles. The normalized spacial score (nSPS) is 10.2. The third-order valence-corrected chi connectivity index (χ3v) is 3.13. The number of aromatic carboxylic acids is 1. The fourth-order valence-electron chi connectivity index (χ4n) is 1.61. The van der Waals surface area contributed by atoms with Crippen molar-refractivity contribution in [1.29, 1.82) is 0 Å². The van der Waals surface area contributed by atoms with Gasteiger partial charge in [-0.15, -0.1) is 0 Å². The van der Waals surface area contributed by atoms with Crippen molar-refractivity contribution in [3.63, 3.8) is 0 Å². The Bertz CT molecular complexity index is 618. The maximum absolute atomic E-state index is 11.9. The first-order valence-electron chi connectivity index (χ1n) is 5.82. The van der Waals surface area contributed by atoms with Gasteiger partial charge in [-0.05, 0) is 42.7 Å². The molecule has 0 aliphatic carbocycles. The highest BCUT2D eigenvalue weighted by Crippen LogP contribution is 2.16. The molecule has 5 nitrogen and oxygen atoms in total. The second-order valence-corrected chi connectivity index (χ2v) is 4.90. The highest BCUT2D eigenvalue weighted by Gasteiger charge is 2.11. The number of hydrogen-bond acceptors (Lipinski definition) is 4. The first-order chi connectivity index (χ1) is 9.60. The average molecular weight is 291 g/mol. The molecule has 1 aromatic carbocycles. The fraction of sp³-hybridized carbons (Fsp3) is 0.143. The number of carbonyl (C=O) groups excluding carboxylic acids is 1. The maximum Gasteiger partial charge on any atom is 0.335 e. The highest BCUT2D eigenvalue weighted by molar-refractivity contribution is 7.97. The number of nitrogens with one attached hydrogen (secondary N) is 1. The summed E-state index contributed by atoms with van der Waals surface area (Å²) in [7, 11) is 0. The molecule has 0 aliphatic rings. The molecule has 6 heteroatoms. The van der Waals surface area contributed by atoms with Crippen molar-refractivity contribution >= 4 is 29.3 Å². The minimum atomic E-state index is -1.00. The topological polar surface area (TPSA) is 79.5 Å². The predicted molar refractivity (Wildman–Crippen MR) is 77.3 cm³/mol. The minimum Gasteiger partial charge on any atom is -0.478 e. The van der Waals surface area contributed by atoms with E-state index < -0.39 is 5.97 Å². The van der Waals surface area contributed by atoms with Gasteiger partial charge >= 0.3 is 5.97 Å². The smallest absolute Gasteiger partial charge is 0.335 e. The number of carbonyl (C=O) groups is 2. The van der Waals surface area contributed by atoms with E-state index >= 15 is 0 Å². The van der Waals surface area contributed by atoms with E-state index in [4.69, 9.17) is 9.52 Å². The standard InChI is InChI=1S/C14H13NO4S/c1-20-8-11-6-7-12(19-11)13(16)15-10-4-2-9(3-5-10)14(17)18/h2-7H,8H2,1H3,(H,15,16)(H,17,18). The van der Waals surface area contributed by atoms with Crippen LogP contribution < -0.4 is 5.32 Å². The molecule has 2 aromatic rings. The Morgan fingerprint density at radius 2 is 1.90 bits per heavy atom. The molecule has 0 aliphatic heterocycles. The van der Waals surface area contributed by atoms with Crippen molar-refractivity contribution < 1.29 is 19.1 Å². The number of carboxylic acid groups (broad SMARTS) is 1. The minimum absolute atomic E-state index is 0.170. The predicted octanol–water partition coefficient (Wildman–Crippen LogP) is 3.09. The quantitative estimate of drug-likeness (QED) is 0.885. The SMILES string of the molecule is CSCc1ccc(C(=O)Nc2ccc(C(=O)O)cc2)o1. The molecule has 0 radical (unpaired) electrons.